The lowest BCUT2D eigenvalue weighted by atomic mass is 9.99. The number of aromatic nitrogens is 1. The molecule has 0 amide bonds. The predicted octanol–water partition coefficient (Wildman–Crippen LogP) is 3.71. The van der Waals surface area contributed by atoms with Crippen LogP contribution in [0.25, 0.3) is 0 Å². The van der Waals surface area contributed by atoms with E-state index in [-0.39, 0.29) is 0 Å². The number of ether oxygens (including phenoxy) is 1. The average Bonchev–Trinajstić information content (AvgIpc) is 3.14. The lowest BCUT2D eigenvalue weighted by Gasteiger charge is -2.11. The van der Waals surface area contributed by atoms with E-state index in [9.17, 15) is 0 Å². The summed E-state index contributed by atoms with van der Waals surface area (Å²) in [5.41, 5.74) is 1.02. The highest BCUT2D eigenvalue weighted by molar-refractivity contribution is 5.79. The Morgan fingerprint density at radius 1 is 1.15 bits per heavy atom. The standard InChI is InChI=1S/C20H30N4O2/c1-4-16(5-2)19-14-18(26-24-19)15-23-20(21-6-3)22-12-13-25-17-10-8-7-9-11-17/h7-11,14,16H,4-6,12-13,15H2,1-3H3,(H2,21,22,23). The van der Waals surface area contributed by atoms with Gasteiger partial charge in [-0.25, -0.2) is 4.99 Å². The highest BCUT2D eigenvalue weighted by Gasteiger charge is 2.12. The molecular weight excluding hydrogens is 328 g/mol. The quantitative estimate of drug-likeness (QED) is 0.385. The third-order valence-corrected chi connectivity index (χ3v) is 4.12. The Labute approximate surface area is 156 Å². The lowest BCUT2D eigenvalue weighted by Crippen LogP contribution is -2.39. The predicted molar refractivity (Wildman–Crippen MR) is 105 cm³/mol. The molecule has 142 valence electrons. The number of para-hydroxylation sites is 1. The SMILES string of the molecule is CCNC(=NCc1cc(C(CC)CC)no1)NCCOc1ccccc1. The Kier molecular flexibility index (Phi) is 8.52. The van der Waals surface area contributed by atoms with Crippen LogP contribution in [0.4, 0.5) is 0 Å². The van der Waals surface area contributed by atoms with Gasteiger partial charge in [0.15, 0.2) is 11.7 Å². The molecular formula is C20H30N4O2. The minimum Gasteiger partial charge on any atom is -0.492 e. The molecule has 6 nitrogen and oxygen atoms in total. The lowest BCUT2D eigenvalue weighted by molar-refractivity contribution is 0.322. The van der Waals surface area contributed by atoms with Crippen molar-refractivity contribution < 1.29 is 9.26 Å². The first kappa shape index (κ1) is 19.8. The molecule has 0 unspecified atom stereocenters. The van der Waals surface area contributed by atoms with Crippen molar-refractivity contribution in [3.63, 3.8) is 0 Å². The maximum absolute atomic E-state index is 5.68. The van der Waals surface area contributed by atoms with Crippen molar-refractivity contribution >= 4 is 5.96 Å². The number of hydrogen-bond donors (Lipinski definition) is 2. The summed E-state index contributed by atoms with van der Waals surface area (Å²) in [6.45, 7) is 8.86. The minimum absolute atomic E-state index is 0.456. The van der Waals surface area contributed by atoms with E-state index in [1.54, 1.807) is 0 Å². The third-order valence-electron chi connectivity index (χ3n) is 4.12. The van der Waals surface area contributed by atoms with Gasteiger partial charge in [-0.2, -0.15) is 0 Å². The van der Waals surface area contributed by atoms with E-state index < -0.39 is 0 Å². The summed E-state index contributed by atoms with van der Waals surface area (Å²) in [6.07, 6.45) is 2.13. The van der Waals surface area contributed by atoms with Crippen molar-refractivity contribution in [3.05, 3.63) is 47.9 Å². The van der Waals surface area contributed by atoms with Crippen molar-refractivity contribution in [2.45, 2.75) is 46.1 Å². The molecule has 0 aliphatic rings. The van der Waals surface area contributed by atoms with Gasteiger partial charge in [0, 0.05) is 18.5 Å². The largest absolute Gasteiger partial charge is 0.492 e. The number of nitrogens with zero attached hydrogens (tertiary/aromatic N) is 2. The van der Waals surface area contributed by atoms with Crippen LogP contribution in [0.15, 0.2) is 45.9 Å². The molecule has 1 aromatic carbocycles. The Balaban J connectivity index is 1.82. The summed E-state index contributed by atoms with van der Waals surface area (Å²) in [5, 5.41) is 10.7. The van der Waals surface area contributed by atoms with Gasteiger partial charge in [-0.1, -0.05) is 37.2 Å². The Morgan fingerprint density at radius 2 is 1.92 bits per heavy atom. The third kappa shape index (κ3) is 6.43. The minimum atomic E-state index is 0.456. The molecule has 0 aliphatic carbocycles. The Bertz CT molecular complexity index is 651. The zero-order valence-electron chi connectivity index (χ0n) is 16.0. The first-order valence-electron chi connectivity index (χ1n) is 9.42. The fraction of sp³-hybridized carbons (Fsp3) is 0.500. The van der Waals surface area contributed by atoms with E-state index in [2.05, 4.69) is 34.6 Å². The fourth-order valence-corrected chi connectivity index (χ4v) is 2.66. The molecule has 0 bridgehead atoms. The van der Waals surface area contributed by atoms with Crippen LogP contribution in [0, 0.1) is 0 Å². The molecule has 0 spiro atoms. The van der Waals surface area contributed by atoms with Crippen molar-refractivity contribution in [1.29, 1.82) is 0 Å². The number of aliphatic imine (C=N–C) groups is 1. The van der Waals surface area contributed by atoms with Gasteiger partial charge < -0.3 is 19.9 Å². The van der Waals surface area contributed by atoms with Crippen molar-refractivity contribution in [2.24, 2.45) is 4.99 Å². The van der Waals surface area contributed by atoms with Crippen LogP contribution in [0.3, 0.4) is 0 Å². The van der Waals surface area contributed by atoms with Crippen molar-refractivity contribution in [2.75, 3.05) is 19.7 Å². The van der Waals surface area contributed by atoms with Crippen molar-refractivity contribution in [3.8, 4) is 5.75 Å². The summed E-state index contributed by atoms with van der Waals surface area (Å²) in [4.78, 5) is 4.56. The molecule has 2 aromatic rings. The Morgan fingerprint density at radius 3 is 2.62 bits per heavy atom. The van der Waals surface area contributed by atoms with Gasteiger partial charge in [0.2, 0.25) is 0 Å². The van der Waals surface area contributed by atoms with Crippen LogP contribution in [-0.4, -0.2) is 30.8 Å². The van der Waals surface area contributed by atoms with Gasteiger partial charge in [-0.05, 0) is 31.9 Å². The van der Waals surface area contributed by atoms with Crippen LogP contribution >= 0.6 is 0 Å². The topological polar surface area (TPSA) is 71.7 Å². The van der Waals surface area contributed by atoms with Gasteiger partial charge in [0.05, 0.1) is 12.2 Å². The van der Waals surface area contributed by atoms with Gasteiger partial charge >= 0.3 is 0 Å². The molecule has 26 heavy (non-hydrogen) atoms. The van der Waals surface area contributed by atoms with E-state index in [0.717, 1.165) is 42.5 Å². The Hall–Kier alpha value is -2.50. The summed E-state index contributed by atoms with van der Waals surface area (Å²) < 4.78 is 11.1. The van der Waals surface area contributed by atoms with Crippen molar-refractivity contribution in [1.82, 2.24) is 15.8 Å². The number of benzene rings is 1. The molecule has 1 heterocycles. The maximum atomic E-state index is 5.68. The number of rotatable bonds is 10. The normalized spacial score (nSPS) is 11.6. The highest BCUT2D eigenvalue weighted by Crippen LogP contribution is 2.22. The van der Waals surface area contributed by atoms with Crippen LogP contribution in [0.5, 0.6) is 5.75 Å². The molecule has 0 atom stereocenters. The second kappa shape index (κ2) is 11.2. The van der Waals surface area contributed by atoms with Gasteiger partial charge in [-0.3, -0.25) is 0 Å². The number of hydrogen-bond acceptors (Lipinski definition) is 4. The number of nitrogens with one attached hydrogen (secondary N) is 2. The maximum Gasteiger partial charge on any atom is 0.191 e. The molecule has 2 N–H and O–H groups in total. The number of guanidine groups is 1. The van der Waals surface area contributed by atoms with E-state index >= 15 is 0 Å². The van der Waals surface area contributed by atoms with E-state index in [4.69, 9.17) is 9.26 Å². The molecule has 0 saturated heterocycles. The van der Waals surface area contributed by atoms with Crippen LogP contribution in [0.1, 0.15) is 51.0 Å². The zero-order valence-corrected chi connectivity index (χ0v) is 16.0. The first-order chi connectivity index (χ1) is 12.8. The van der Waals surface area contributed by atoms with Gasteiger partial charge in [0.1, 0.15) is 18.9 Å². The fourth-order valence-electron chi connectivity index (χ4n) is 2.66. The first-order valence-corrected chi connectivity index (χ1v) is 9.42. The molecule has 0 radical (unpaired) electrons. The summed E-state index contributed by atoms with van der Waals surface area (Å²) in [6, 6.07) is 11.8. The van der Waals surface area contributed by atoms with E-state index in [1.165, 1.54) is 0 Å². The summed E-state index contributed by atoms with van der Waals surface area (Å²) in [5.74, 6) is 2.85. The molecule has 1 aromatic heterocycles. The van der Waals surface area contributed by atoms with E-state index in [0.29, 0.717) is 25.6 Å². The second-order valence-corrected chi connectivity index (χ2v) is 6.01. The van der Waals surface area contributed by atoms with Crippen LogP contribution < -0.4 is 15.4 Å². The van der Waals surface area contributed by atoms with Gasteiger partial charge in [-0.15, -0.1) is 0 Å². The summed E-state index contributed by atoms with van der Waals surface area (Å²) >= 11 is 0. The molecule has 0 aliphatic heterocycles. The highest BCUT2D eigenvalue weighted by atomic mass is 16.5. The smallest absolute Gasteiger partial charge is 0.191 e. The molecule has 2 rings (SSSR count). The van der Waals surface area contributed by atoms with Crippen LogP contribution in [-0.2, 0) is 6.54 Å². The van der Waals surface area contributed by atoms with Crippen LogP contribution in [0.2, 0.25) is 0 Å². The molecule has 0 saturated carbocycles. The molecule has 6 heteroatoms. The molecule has 0 fully saturated rings. The monoisotopic (exact) mass is 358 g/mol. The van der Waals surface area contributed by atoms with Gasteiger partial charge in [0.25, 0.3) is 0 Å². The second-order valence-electron chi connectivity index (χ2n) is 6.01. The van der Waals surface area contributed by atoms with E-state index in [1.807, 2.05) is 43.3 Å². The average molecular weight is 358 g/mol. The zero-order chi connectivity index (χ0) is 18.6. The summed E-state index contributed by atoms with van der Waals surface area (Å²) in [7, 11) is 0.